The molecule has 0 unspecified atom stereocenters. The number of hydrogen-bond acceptors (Lipinski definition) is 8. The van der Waals surface area contributed by atoms with E-state index in [0.717, 1.165) is 26.1 Å². The van der Waals surface area contributed by atoms with Gasteiger partial charge in [0.05, 0.1) is 13.2 Å². The molecule has 8 heteroatoms. The lowest BCUT2D eigenvalue weighted by molar-refractivity contribution is 0.122. The van der Waals surface area contributed by atoms with E-state index in [2.05, 4.69) is 37.5 Å². The fourth-order valence-electron chi connectivity index (χ4n) is 1.84. The molecule has 2 heterocycles. The summed E-state index contributed by atoms with van der Waals surface area (Å²) in [5.41, 5.74) is 3.07. The maximum atomic E-state index is 5.36. The third-order valence-corrected chi connectivity index (χ3v) is 2.77. The van der Waals surface area contributed by atoms with E-state index in [0.29, 0.717) is 31.1 Å². The van der Waals surface area contributed by atoms with E-state index in [9.17, 15) is 0 Å². The van der Waals surface area contributed by atoms with Crippen molar-refractivity contribution in [3.63, 3.8) is 0 Å². The van der Waals surface area contributed by atoms with Gasteiger partial charge in [-0.2, -0.15) is 15.0 Å². The first-order valence-corrected chi connectivity index (χ1v) is 6.95. The van der Waals surface area contributed by atoms with Crippen molar-refractivity contribution in [3.05, 3.63) is 0 Å². The number of hydrazine groups is 1. The van der Waals surface area contributed by atoms with Gasteiger partial charge in [-0.15, -0.1) is 0 Å². The number of nitrogens with one attached hydrogen (secondary N) is 2. The van der Waals surface area contributed by atoms with Gasteiger partial charge in [0.15, 0.2) is 0 Å². The molecule has 0 saturated carbocycles. The van der Waals surface area contributed by atoms with Crippen LogP contribution in [0.2, 0.25) is 0 Å². The predicted molar refractivity (Wildman–Crippen MR) is 78.9 cm³/mol. The second-order valence-corrected chi connectivity index (χ2v) is 4.82. The third kappa shape index (κ3) is 4.17. The summed E-state index contributed by atoms with van der Waals surface area (Å²) in [6.07, 6.45) is 1.02. The Labute approximate surface area is 119 Å². The standard InChI is InChI=1S/C12H23N7O/c1-4-5-13-10-14-11(17-18(2)3)16-12(15-10)19-6-8-20-9-7-19/h4-9H2,1-3H3,(H2,13,14,15,16,17). The number of nitrogens with zero attached hydrogens (tertiary/aromatic N) is 5. The molecule has 0 aromatic carbocycles. The zero-order valence-electron chi connectivity index (χ0n) is 12.4. The minimum absolute atomic E-state index is 0.546. The molecule has 0 radical (unpaired) electrons. The first kappa shape index (κ1) is 14.7. The Morgan fingerprint density at radius 2 is 1.85 bits per heavy atom. The predicted octanol–water partition coefficient (Wildman–Crippen LogP) is 0.419. The lowest BCUT2D eigenvalue weighted by atomic mass is 10.4. The highest BCUT2D eigenvalue weighted by atomic mass is 16.5. The van der Waals surface area contributed by atoms with Gasteiger partial charge in [0.25, 0.3) is 0 Å². The summed E-state index contributed by atoms with van der Waals surface area (Å²) in [6.45, 7) is 5.97. The molecule has 0 bridgehead atoms. The minimum Gasteiger partial charge on any atom is -0.378 e. The molecular weight excluding hydrogens is 258 g/mol. The molecule has 20 heavy (non-hydrogen) atoms. The smallest absolute Gasteiger partial charge is 0.244 e. The van der Waals surface area contributed by atoms with Crippen LogP contribution in [0.3, 0.4) is 0 Å². The number of morpholine rings is 1. The summed E-state index contributed by atoms with van der Waals surface area (Å²) in [6, 6.07) is 0. The molecule has 112 valence electrons. The van der Waals surface area contributed by atoms with Crippen LogP contribution < -0.4 is 15.6 Å². The van der Waals surface area contributed by atoms with Crippen LogP contribution in [0.15, 0.2) is 0 Å². The second kappa shape index (κ2) is 7.20. The van der Waals surface area contributed by atoms with Gasteiger partial charge in [-0.3, -0.25) is 5.43 Å². The first-order chi connectivity index (χ1) is 9.69. The van der Waals surface area contributed by atoms with Gasteiger partial charge in [-0.05, 0) is 6.42 Å². The summed E-state index contributed by atoms with van der Waals surface area (Å²) >= 11 is 0. The largest absolute Gasteiger partial charge is 0.378 e. The second-order valence-electron chi connectivity index (χ2n) is 4.82. The van der Waals surface area contributed by atoms with Gasteiger partial charge in [-0.1, -0.05) is 6.92 Å². The van der Waals surface area contributed by atoms with Crippen LogP contribution in [-0.2, 0) is 4.74 Å². The summed E-state index contributed by atoms with van der Waals surface area (Å²) in [5.74, 6) is 1.84. The summed E-state index contributed by atoms with van der Waals surface area (Å²) in [5, 5.41) is 5.02. The quantitative estimate of drug-likeness (QED) is 0.726. The minimum atomic E-state index is 0.546. The maximum absolute atomic E-state index is 5.36. The molecule has 1 aliphatic heterocycles. The van der Waals surface area contributed by atoms with Crippen LogP contribution in [0, 0.1) is 0 Å². The zero-order valence-corrected chi connectivity index (χ0v) is 12.4. The Morgan fingerprint density at radius 3 is 2.50 bits per heavy atom. The molecule has 1 aromatic rings. The maximum Gasteiger partial charge on any atom is 0.244 e. The molecule has 8 nitrogen and oxygen atoms in total. The molecule has 0 atom stereocenters. The van der Waals surface area contributed by atoms with Crippen molar-refractivity contribution in [2.45, 2.75) is 13.3 Å². The van der Waals surface area contributed by atoms with Crippen LogP contribution >= 0.6 is 0 Å². The highest BCUT2D eigenvalue weighted by Gasteiger charge is 2.16. The van der Waals surface area contributed by atoms with Crippen LogP contribution in [0.4, 0.5) is 17.8 Å². The molecule has 2 N–H and O–H groups in total. The SMILES string of the molecule is CCCNc1nc(NN(C)C)nc(N2CCOCC2)n1. The lowest BCUT2D eigenvalue weighted by Gasteiger charge is -2.27. The van der Waals surface area contributed by atoms with Gasteiger partial charge in [-0.25, -0.2) is 5.01 Å². The monoisotopic (exact) mass is 281 g/mol. The van der Waals surface area contributed by atoms with Gasteiger partial charge in [0.1, 0.15) is 0 Å². The van der Waals surface area contributed by atoms with E-state index in [1.165, 1.54) is 0 Å². The Kier molecular flexibility index (Phi) is 5.31. The number of anilines is 3. The molecular formula is C12H23N7O. The molecule has 0 spiro atoms. The number of aromatic nitrogens is 3. The Bertz CT molecular complexity index is 420. The van der Waals surface area contributed by atoms with Gasteiger partial charge in [0.2, 0.25) is 17.8 Å². The molecule has 0 amide bonds. The van der Waals surface area contributed by atoms with Gasteiger partial charge < -0.3 is 15.0 Å². The number of hydrogen-bond donors (Lipinski definition) is 2. The number of rotatable bonds is 6. The topological polar surface area (TPSA) is 78.4 Å². The molecule has 0 aliphatic carbocycles. The Balaban J connectivity index is 2.19. The van der Waals surface area contributed by atoms with E-state index in [4.69, 9.17) is 4.74 Å². The zero-order chi connectivity index (χ0) is 14.4. The van der Waals surface area contributed by atoms with Gasteiger partial charge >= 0.3 is 0 Å². The Morgan fingerprint density at radius 1 is 1.15 bits per heavy atom. The summed E-state index contributed by atoms with van der Waals surface area (Å²) in [7, 11) is 3.80. The van der Waals surface area contributed by atoms with Crippen LogP contribution in [0.25, 0.3) is 0 Å². The molecule has 1 fully saturated rings. The van der Waals surface area contributed by atoms with E-state index in [1.807, 2.05) is 19.1 Å². The fourth-order valence-corrected chi connectivity index (χ4v) is 1.84. The van der Waals surface area contributed by atoms with Crippen molar-refractivity contribution < 1.29 is 4.74 Å². The molecule has 1 aromatic heterocycles. The van der Waals surface area contributed by atoms with Gasteiger partial charge in [0, 0.05) is 33.7 Å². The molecule has 1 saturated heterocycles. The summed E-state index contributed by atoms with van der Waals surface area (Å²) in [4.78, 5) is 15.4. The van der Waals surface area contributed by atoms with Crippen molar-refractivity contribution in [2.75, 3.05) is 62.6 Å². The normalized spacial score (nSPS) is 15.5. The van der Waals surface area contributed by atoms with E-state index in [1.54, 1.807) is 0 Å². The van der Waals surface area contributed by atoms with Crippen molar-refractivity contribution in [2.24, 2.45) is 0 Å². The number of ether oxygens (including phenoxy) is 1. The summed E-state index contributed by atoms with van der Waals surface area (Å²) < 4.78 is 5.36. The van der Waals surface area contributed by atoms with E-state index >= 15 is 0 Å². The molecule has 1 aliphatic rings. The third-order valence-electron chi connectivity index (χ3n) is 2.77. The fraction of sp³-hybridized carbons (Fsp3) is 0.750. The average molecular weight is 281 g/mol. The van der Waals surface area contributed by atoms with Crippen molar-refractivity contribution >= 4 is 17.8 Å². The van der Waals surface area contributed by atoms with Crippen molar-refractivity contribution in [3.8, 4) is 0 Å². The van der Waals surface area contributed by atoms with Crippen molar-refractivity contribution in [1.82, 2.24) is 20.0 Å². The highest BCUT2D eigenvalue weighted by molar-refractivity contribution is 5.43. The first-order valence-electron chi connectivity index (χ1n) is 6.95. The van der Waals surface area contributed by atoms with Crippen LogP contribution in [-0.4, -0.2) is 66.9 Å². The van der Waals surface area contributed by atoms with Crippen molar-refractivity contribution in [1.29, 1.82) is 0 Å². The van der Waals surface area contributed by atoms with Crippen LogP contribution in [0.5, 0.6) is 0 Å². The lowest BCUT2D eigenvalue weighted by Crippen LogP contribution is -2.37. The highest BCUT2D eigenvalue weighted by Crippen LogP contribution is 2.15. The van der Waals surface area contributed by atoms with E-state index < -0.39 is 0 Å². The Hall–Kier alpha value is -1.67. The van der Waals surface area contributed by atoms with E-state index in [-0.39, 0.29) is 0 Å². The average Bonchev–Trinajstić information content (AvgIpc) is 2.45. The van der Waals surface area contributed by atoms with Crippen LogP contribution in [0.1, 0.15) is 13.3 Å². The molecule has 2 rings (SSSR count).